The standard InChI is InChI=1S/C28H23OP.Au/c1-23(29)25-13-11-12-24(22-25)20-21-30(26-14-5-2-6-15-26,27-16-7-3-8-17-27)28-18-9-4-10-19-28;/h2-19,22,30H,1H3;. The van der Waals surface area contributed by atoms with Gasteiger partial charge >= 0.3 is 179 Å². The molecule has 0 heterocycles. The second-order valence-corrected chi connectivity index (χ2v) is 10.7. The van der Waals surface area contributed by atoms with Crippen LogP contribution < -0.4 is 15.9 Å². The molecule has 0 bridgehead atoms. The third kappa shape index (κ3) is 4.96. The molecule has 4 aromatic rings. The normalized spacial score (nSPS) is 10.9. The molecule has 0 spiro atoms. The topological polar surface area (TPSA) is 17.1 Å². The number of Topliss-reactive ketones (excluding diaryl/α,β-unsaturated/α-hetero) is 1. The average Bonchev–Trinajstić information content (AvgIpc) is 2.82. The fourth-order valence-electron chi connectivity index (χ4n) is 3.76. The molecule has 157 valence electrons. The molecule has 0 atom stereocenters. The first-order chi connectivity index (χ1) is 14.7. The van der Waals surface area contributed by atoms with E-state index in [-0.39, 0.29) is 28.2 Å². The zero-order valence-electron chi connectivity index (χ0n) is 17.2. The van der Waals surface area contributed by atoms with Crippen molar-refractivity contribution in [3.63, 3.8) is 0 Å². The number of benzene rings is 4. The summed E-state index contributed by atoms with van der Waals surface area (Å²) in [5.41, 5.74) is 5.29. The number of hydrogen-bond acceptors (Lipinski definition) is 1. The molecule has 31 heavy (non-hydrogen) atoms. The minimum Gasteiger partial charge on any atom is 0 e. The molecule has 0 aromatic heterocycles. The zero-order chi connectivity index (χ0) is 20.8. The molecule has 0 aliphatic heterocycles. The maximum absolute atomic E-state index is 11.8. The summed E-state index contributed by atoms with van der Waals surface area (Å²) < 4.78 is 0. The van der Waals surface area contributed by atoms with Crippen LogP contribution in [0.1, 0.15) is 22.8 Å². The van der Waals surface area contributed by atoms with Gasteiger partial charge in [0, 0.05) is 22.4 Å². The summed E-state index contributed by atoms with van der Waals surface area (Å²) in [6.07, 6.45) is 0. The van der Waals surface area contributed by atoms with Crippen LogP contribution in [0.25, 0.3) is 0 Å². The predicted octanol–water partition coefficient (Wildman–Crippen LogP) is 4.92. The SMILES string of the molecule is CC(=O)c1cccc(C#C[PH](c2ccccc2)(c2ccccc2)c2ccccc2)c1.[Au]. The summed E-state index contributed by atoms with van der Waals surface area (Å²) in [6, 6.07) is 39.4. The summed E-state index contributed by atoms with van der Waals surface area (Å²) >= 11 is 0. The molecule has 0 fully saturated rings. The van der Waals surface area contributed by atoms with E-state index in [0.717, 1.165) is 5.56 Å². The number of carbonyl (C=O) groups excluding carboxylic acids is 1. The van der Waals surface area contributed by atoms with Gasteiger partial charge in [-0.05, 0) is 0 Å². The van der Waals surface area contributed by atoms with E-state index in [1.165, 1.54) is 15.9 Å². The molecule has 0 aliphatic rings. The number of carbonyl (C=O) groups is 1. The van der Waals surface area contributed by atoms with Gasteiger partial charge in [0.1, 0.15) is 0 Å². The van der Waals surface area contributed by atoms with Gasteiger partial charge in [0.25, 0.3) is 0 Å². The van der Waals surface area contributed by atoms with Crippen LogP contribution in [0.3, 0.4) is 0 Å². The molecule has 1 radical (unpaired) electrons. The van der Waals surface area contributed by atoms with E-state index in [2.05, 4.69) is 84.4 Å². The Balaban J connectivity index is 0.00000272. The van der Waals surface area contributed by atoms with Crippen molar-refractivity contribution in [1.82, 2.24) is 0 Å². The molecule has 0 saturated heterocycles. The van der Waals surface area contributed by atoms with E-state index in [9.17, 15) is 4.79 Å². The molecule has 3 heteroatoms. The molecular weight excluding hydrogens is 580 g/mol. The Labute approximate surface area is 200 Å². The quantitative estimate of drug-likeness (QED) is 0.140. The van der Waals surface area contributed by atoms with Crippen molar-refractivity contribution in [2.24, 2.45) is 0 Å². The third-order valence-electron chi connectivity index (χ3n) is 5.28. The Morgan fingerprint density at radius 3 is 1.52 bits per heavy atom. The van der Waals surface area contributed by atoms with Crippen molar-refractivity contribution in [3.8, 4) is 11.6 Å². The minimum atomic E-state index is -2.60. The van der Waals surface area contributed by atoms with Gasteiger partial charge in [0.05, 0.1) is 0 Å². The summed E-state index contributed by atoms with van der Waals surface area (Å²) in [5, 5.41) is 3.74. The fraction of sp³-hybridized carbons (Fsp3) is 0.0357. The minimum absolute atomic E-state index is 0. The summed E-state index contributed by atoms with van der Waals surface area (Å²) in [4.78, 5) is 11.8. The van der Waals surface area contributed by atoms with Crippen molar-refractivity contribution < 1.29 is 27.2 Å². The maximum Gasteiger partial charge on any atom is 0 e. The number of ketones is 1. The van der Waals surface area contributed by atoms with Crippen molar-refractivity contribution in [2.75, 3.05) is 0 Å². The first-order valence-electron chi connectivity index (χ1n) is 10.0. The number of hydrogen-bond donors (Lipinski definition) is 0. The van der Waals surface area contributed by atoms with E-state index >= 15 is 0 Å². The van der Waals surface area contributed by atoms with E-state index in [1.807, 2.05) is 42.5 Å². The third-order valence-corrected chi connectivity index (χ3v) is 9.38. The summed E-state index contributed by atoms with van der Waals surface area (Å²) in [7, 11) is -2.60. The monoisotopic (exact) mass is 603 g/mol. The first-order valence-corrected chi connectivity index (χ1v) is 12.0. The summed E-state index contributed by atoms with van der Waals surface area (Å²) in [6.45, 7) is 1.59. The fourth-order valence-corrected chi connectivity index (χ4v) is 7.61. The van der Waals surface area contributed by atoms with Crippen molar-refractivity contribution in [2.45, 2.75) is 6.92 Å². The van der Waals surface area contributed by atoms with Gasteiger partial charge in [-0.25, -0.2) is 0 Å². The molecule has 4 rings (SSSR count). The Morgan fingerprint density at radius 2 is 1.10 bits per heavy atom. The van der Waals surface area contributed by atoms with Crippen LogP contribution in [0.5, 0.6) is 0 Å². The van der Waals surface area contributed by atoms with Crippen LogP contribution >= 0.6 is 7.26 Å². The van der Waals surface area contributed by atoms with Gasteiger partial charge in [0.2, 0.25) is 0 Å². The Morgan fingerprint density at radius 1 is 0.645 bits per heavy atom. The molecule has 1 nitrogen and oxygen atoms in total. The van der Waals surface area contributed by atoms with Gasteiger partial charge in [0.15, 0.2) is 0 Å². The maximum atomic E-state index is 11.8. The molecule has 0 saturated carbocycles. The molecule has 0 aliphatic carbocycles. The molecular formula is C28H23AuOP. The van der Waals surface area contributed by atoms with Crippen LogP contribution in [-0.2, 0) is 22.4 Å². The van der Waals surface area contributed by atoms with E-state index in [4.69, 9.17) is 0 Å². The molecule has 4 aromatic carbocycles. The van der Waals surface area contributed by atoms with Gasteiger partial charge in [-0.15, -0.1) is 0 Å². The first kappa shape index (κ1) is 23.0. The predicted molar refractivity (Wildman–Crippen MR) is 130 cm³/mol. The van der Waals surface area contributed by atoms with E-state index in [1.54, 1.807) is 6.92 Å². The largest absolute Gasteiger partial charge is 0 e. The van der Waals surface area contributed by atoms with Gasteiger partial charge < -0.3 is 0 Å². The van der Waals surface area contributed by atoms with Crippen molar-refractivity contribution in [1.29, 1.82) is 0 Å². The smallest absolute Gasteiger partial charge is 0 e. The second-order valence-electron chi connectivity index (χ2n) is 7.24. The second kappa shape index (κ2) is 10.5. The van der Waals surface area contributed by atoms with Gasteiger partial charge in [-0.2, -0.15) is 0 Å². The molecule has 0 amide bonds. The van der Waals surface area contributed by atoms with Crippen molar-refractivity contribution >= 4 is 29.0 Å². The number of rotatable bonds is 4. The Hall–Kier alpha value is -2.72. The molecule has 0 unspecified atom stereocenters. The van der Waals surface area contributed by atoms with Crippen molar-refractivity contribution in [3.05, 3.63) is 126 Å². The van der Waals surface area contributed by atoms with Crippen LogP contribution in [-0.4, -0.2) is 5.78 Å². The zero-order valence-corrected chi connectivity index (χ0v) is 20.3. The van der Waals surface area contributed by atoms with Crippen LogP contribution in [0.4, 0.5) is 0 Å². The van der Waals surface area contributed by atoms with E-state index < -0.39 is 7.26 Å². The van der Waals surface area contributed by atoms with Crippen LogP contribution in [0, 0.1) is 11.6 Å². The Kier molecular flexibility index (Phi) is 7.80. The van der Waals surface area contributed by atoms with Gasteiger partial charge in [-0.1, -0.05) is 0 Å². The summed E-state index contributed by atoms with van der Waals surface area (Å²) in [5.74, 6) is 3.49. The Bertz CT molecular complexity index is 1110. The molecule has 0 N–H and O–H groups in total. The average molecular weight is 603 g/mol. The van der Waals surface area contributed by atoms with Crippen LogP contribution in [0.15, 0.2) is 115 Å². The van der Waals surface area contributed by atoms with Gasteiger partial charge in [-0.3, -0.25) is 0 Å². The van der Waals surface area contributed by atoms with E-state index in [0.29, 0.717) is 5.56 Å². The van der Waals surface area contributed by atoms with Crippen LogP contribution in [0.2, 0.25) is 0 Å².